The molecule has 0 radical (unpaired) electrons. The lowest BCUT2D eigenvalue weighted by Gasteiger charge is -2.41. The summed E-state index contributed by atoms with van der Waals surface area (Å²) in [5.41, 5.74) is -3.30. The number of fused-ring (bicyclic) bond motifs is 2. The second kappa shape index (κ2) is 8.55. The zero-order valence-corrected chi connectivity index (χ0v) is 18.8. The van der Waals surface area contributed by atoms with E-state index in [0.717, 1.165) is 4.90 Å². The van der Waals surface area contributed by atoms with E-state index in [9.17, 15) is 22.8 Å². The van der Waals surface area contributed by atoms with Crippen LogP contribution in [0.4, 0.5) is 18.9 Å². The Balaban J connectivity index is 1.75. The molecule has 0 saturated heterocycles. The number of rotatable bonds is 6. The third-order valence-corrected chi connectivity index (χ3v) is 6.90. The molecular weight excluding hydrogens is 459 g/mol. The molecule has 0 aromatic carbocycles. The minimum absolute atomic E-state index is 0.131. The average molecular weight is 482 g/mol. The average Bonchev–Trinajstić information content (AvgIpc) is 3.31. The fourth-order valence-corrected chi connectivity index (χ4v) is 5.00. The van der Waals surface area contributed by atoms with E-state index in [0.29, 0.717) is 12.1 Å². The number of pyridine rings is 1. The summed E-state index contributed by atoms with van der Waals surface area (Å²) in [6.07, 6.45) is 5.41. The molecule has 33 heavy (non-hydrogen) atoms. The Labute approximate surface area is 193 Å². The molecule has 176 valence electrons. The highest BCUT2D eigenvalue weighted by Crippen LogP contribution is 2.53. The van der Waals surface area contributed by atoms with Crippen LogP contribution in [0.5, 0.6) is 0 Å². The monoisotopic (exact) mass is 481 g/mol. The van der Waals surface area contributed by atoms with Crippen molar-refractivity contribution in [3.05, 3.63) is 48.3 Å². The van der Waals surface area contributed by atoms with Gasteiger partial charge in [0, 0.05) is 42.0 Å². The smallest absolute Gasteiger partial charge is 0.278 e. The predicted molar refractivity (Wildman–Crippen MR) is 114 cm³/mol. The van der Waals surface area contributed by atoms with Crippen molar-refractivity contribution >= 4 is 29.1 Å². The molecule has 11 heteroatoms. The molecule has 2 fully saturated rings. The maximum atomic E-state index is 14.1. The van der Waals surface area contributed by atoms with Gasteiger partial charge in [-0.15, -0.1) is 0 Å². The number of aromatic nitrogens is 3. The van der Waals surface area contributed by atoms with Gasteiger partial charge in [0.15, 0.2) is 5.54 Å². The summed E-state index contributed by atoms with van der Waals surface area (Å²) in [4.78, 5) is 39.7. The normalized spacial score (nSPS) is 25.8. The molecule has 0 aliphatic heterocycles. The van der Waals surface area contributed by atoms with E-state index in [4.69, 9.17) is 11.6 Å². The first-order chi connectivity index (χ1) is 15.5. The zero-order valence-electron chi connectivity index (χ0n) is 18.0. The lowest BCUT2D eigenvalue weighted by molar-refractivity contribution is -0.132. The highest BCUT2D eigenvalue weighted by Gasteiger charge is 2.58. The summed E-state index contributed by atoms with van der Waals surface area (Å²) >= 11 is 5.53. The van der Waals surface area contributed by atoms with Crippen LogP contribution >= 0.6 is 11.6 Å². The number of aryl methyl sites for hydroxylation is 1. The number of hydrogen-bond acceptors (Lipinski definition) is 5. The Kier molecular flexibility index (Phi) is 6.07. The van der Waals surface area contributed by atoms with Crippen LogP contribution in [0.15, 0.2) is 37.1 Å². The van der Waals surface area contributed by atoms with Crippen LogP contribution in [0, 0.1) is 18.8 Å². The van der Waals surface area contributed by atoms with Gasteiger partial charge in [0.25, 0.3) is 23.4 Å². The Bertz CT molecular complexity index is 1040. The minimum Gasteiger partial charge on any atom is -0.351 e. The largest absolute Gasteiger partial charge is 0.351 e. The topological polar surface area (TPSA) is 88.1 Å². The number of nitrogens with one attached hydrogen (secondary N) is 1. The van der Waals surface area contributed by atoms with Crippen molar-refractivity contribution in [3.8, 4) is 0 Å². The molecule has 0 spiro atoms. The lowest BCUT2D eigenvalue weighted by Crippen LogP contribution is -2.60. The standard InChI is InChI=1S/C22H23ClF3N5O2/c1-12-3-4-16(10-29-12)31(19(32)18(23)24)21(2,15-8-27-11-28-9-15)20(33)30-17-6-14-5-13(17)7-22(14,25)26/h3-4,8-11,13-14,17-18H,5-7H2,1-2H3,(H,30,33)/t13?,14?,17-,18-,21+/m0/s1. The van der Waals surface area contributed by atoms with Crippen molar-refractivity contribution in [2.24, 2.45) is 11.8 Å². The minimum atomic E-state index is -2.74. The molecule has 2 aromatic rings. The number of hydrogen-bond donors (Lipinski definition) is 1. The molecule has 7 nitrogen and oxygen atoms in total. The number of halogens is 4. The summed E-state index contributed by atoms with van der Waals surface area (Å²) in [7, 11) is 0. The van der Waals surface area contributed by atoms with Gasteiger partial charge in [-0.1, -0.05) is 11.6 Å². The highest BCUT2D eigenvalue weighted by molar-refractivity contribution is 6.32. The quantitative estimate of drug-likeness (QED) is 0.638. The second-order valence-corrected chi connectivity index (χ2v) is 9.19. The summed E-state index contributed by atoms with van der Waals surface area (Å²) in [6, 6.07) is 2.64. The number of carbonyl (C=O) groups is 2. The van der Waals surface area contributed by atoms with E-state index in [2.05, 4.69) is 20.3 Å². The second-order valence-electron chi connectivity index (χ2n) is 8.81. The van der Waals surface area contributed by atoms with Crippen molar-refractivity contribution < 1.29 is 22.8 Å². The lowest BCUT2D eigenvalue weighted by atomic mass is 9.87. The van der Waals surface area contributed by atoms with Crippen molar-refractivity contribution in [1.29, 1.82) is 0 Å². The number of anilines is 1. The van der Waals surface area contributed by atoms with Crippen molar-refractivity contribution in [2.45, 2.75) is 56.2 Å². The van der Waals surface area contributed by atoms with Gasteiger partial charge < -0.3 is 5.32 Å². The van der Waals surface area contributed by atoms with Gasteiger partial charge in [-0.05, 0) is 44.7 Å². The number of amides is 2. The Morgan fingerprint density at radius 3 is 2.45 bits per heavy atom. The van der Waals surface area contributed by atoms with Crippen LogP contribution in [0.25, 0.3) is 0 Å². The molecule has 2 aliphatic rings. The summed E-state index contributed by atoms with van der Waals surface area (Å²) in [5, 5.41) is 2.83. The molecular formula is C22H23ClF3N5O2. The van der Waals surface area contributed by atoms with Crippen LogP contribution in [-0.2, 0) is 15.1 Å². The van der Waals surface area contributed by atoms with Crippen molar-refractivity contribution in [2.75, 3.05) is 4.90 Å². The zero-order chi connectivity index (χ0) is 24.0. The fraction of sp³-hybridized carbons (Fsp3) is 0.500. The van der Waals surface area contributed by atoms with Gasteiger partial charge in [0.2, 0.25) is 0 Å². The van der Waals surface area contributed by atoms with Crippen LogP contribution in [-0.4, -0.2) is 44.4 Å². The van der Waals surface area contributed by atoms with Gasteiger partial charge >= 0.3 is 0 Å². The van der Waals surface area contributed by atoms with Crippen molar-refractivity contribution in [3.63, 3.8) is 0 Å². The van der Waals surface area contributed by atoms with E-state index >= 15 is 0 Å². The first kappa shape index (κ1) is 23.4. The molecule has 2 aromatic heterocycles. The Morgan fingerprint density at radius 2 is 1.94 bits per heavy atom. The highest BCUT2D eigenvalue weighted by atomic mass is 35.5. The maximum absolute atomic E-state index is 14.1. The summed E-state index contributed by atoms with van der Waals surface area (Å²) in [6.45, 7) is 3.15. The third kappa shape index (κ3) is 4.16. The van der Waals surface area contributed by atoms with Gasteiger partial charge in [-0.2, -0.15) is 0 Å². The molecule has 2 amide bonds. The molecule has 5 atom stereocenters. The first-order valence-electron chi connectivity index (χ1n) is 10.5. The maximum Gasteiger partial charge on any atom is 0.278 e. The predicted octanol–water partition coefficient (Wildman–Crippen LogP) is 3.51. The van der Waals surface area contributed by atoms with Crippen LogP contribution in [0.2, 0.25) is 0 Å². The van der Waals surface area contributed by atoms with Crippen molar-refractivity contribution in [1.82, 2.24) is 20.3 Å². The molecule has 2 heterocycles. The molecule has 2 saturated carbocycles. The molecule has 4 rings (SSSR count). The summed E-state index contributed by atoms with van der Waals surface area (Å²) in [5.74, 6) is -5.76. The Morgan fingerprint density at radius 1 is 1.24 bits per heavy atom. The molecule has 1 N–H and O–H groups in total. The van der Waals surface area contributed by atoms with Gasteiger partial charge in [-0.25, -0.2) is 23.1 Å². The van der Waals surface area contributed by atoms with Gasteiger partial charge in [-0.3, -0.25) is 19.5 Å². The SMILES string of the molecule is Cc1ccc(N(C(=O)[C@H](F)Cl)[C@@](C)(C(=O)N[C@H]2CC3CC2CC3(F)F)c2cncnc2)cn1. The molecule has 2 bridgehead atoms. The van der Waals surface area contributed by atoms with Gasteiger partial charge in [0.05, 0.1) is 11.9 Å². The molecule has 2 aliphatic carbocycles. The van der Waals surface area contributed by atoms with Crippen LogP contribution in [0.1, 0.15) is 37.4 Å². The van der Waals surface area contributed by atoms with E-state index in [1.807, 2.05) is 0 Å². The molecule has 2 unspecified atom stereocenters. The Hall–Kier alpha value is -2.75. The van der Waals surface area contributed by atoms with E-state index in [1.54, 1.807) is 13.0 Å². The first-order valence-corrected chi connectivity index (χ1v) is 11.0. The number of nitrogens with zero attached hydrogens (tertiary/aromatic N) is 4. The van der Waals surface area contributed by atoms with Crippen LogP contribution < -0.4 is 10.2 Å². The third-order valence-electron chi connectivity index (χ3n) is 6.72. The van der Waals surface area contributed by atoms with E-state index < -0.39 is 40.9 Å². The van der Waals surface area contributed by atoms with E-state index in [-0.39, 0.29) is 30.0 Å². The number of carbonyl (C=O) groups excluding carboxylic acids is 2. The van der Waals surface area contributed by atoms with Crippen LogP contribution in [0.3, 0.4) is 0 Å². The van der Waals surface area contributed by atoms with E-state index in [1.165, 1.54) is 37.9 Å². The summed E-state index contributed by atoms with van der Waals surface area (Å²) < 4.78 is 42.1. The fourth-order valence-electron chi connectivity index (χ4n) is 4.91. The number of alkyl halides is 4. The van der Waals surface area contributed by atoms with Gasteiger partial charge in [0.1, 0.15) is 6.33 Å².